The molecule has 0 aliphatic heterocycles. The fraction of sp³-hybridized carbons (Fsp3) is 0.375. The molecule has 0 radical (unpaired) electrons. The Morgan fingerprint density at radius 3 is 2.38 bits per heavy atom. The average molecular weight is 456 g/mol. The Labute approximate surface area is 193 Å². The monoisotopic (exact) mass is 455 g/mol. The Balaban J connectivity index is 2.55. The third kappa shape index (κ3) is 5.84. The minimum Gasteiger partial charge on any atom is -0.451 e. The van der Waals surface area contributed by atoms with Crippen LogP contribution >= 0.6 is 11.6 Å². The number of rotatable bonds is 6. The molecule has 2 rings (SSSR count). The second-order valence-electron chi connectivity index (χ2n) is 8.06. The Kier molecular flexibility index (Phi) is 7.97. The standard InChI is InChI=1S/C24H26ClN3O4/c1-8-13-30-23(29)32-16(3)31-22(21-20(25)15(2)27-28(21)7)19(14-26)17-9-11-18(12-10-17)24(4,5)6/h1,9-12,16H,13H2,2-7H3/b22-19-. The van der Waals surface area contributed by atoms with Crippen LogP contribution in [0.3, 0.4) is 0 Å². The molecule has 0 amide bonds. The summed E-state index contributed by atoms with van der Waals surface area (Å²) < 4.78 is 17.2. The topological polar surface area (TPSA) is 86.4 Å². The number of ether oxygens (including phenoxy) is 3. The number of nitrogens with zero attached hydrogens (tertiary/aromatic N) is 3. The fourth-order valence-electron chi connectivity index (χ4n) is 2.96. The first-order valence-corrected chi connectivity index (χ1v) is 10.3. The van der Waals surface area contributed by atoms with Crippen molar-refractivity contribution in [2.24, 2.45) is 7.05 Å². The Hall–Kier alpha value is -3.42. The summed E-state index contributed by atoms with van der Waals surface area (Å²) in [7, 11) is 1.68. The van der Waals surface area contributed by atoms with Gasteiger partial charge >= 0.3 is 6.16 Å². The Morgan fingerprint density at radius 2 is 1.91 bits per heavy atom. The maximum absolute atomic E-state index is 11.8. The van der Waals surface area contributed by atoms with Crippen LogP contribution in [-0.2, 0) is 26.7 Å². The summed E-state index contributed by atoms with van der Waals surface area (Å²) in [6, 6.07) is 9.78. The van der Waals surface area contributed by atoms with Gasteiger partial charge in [0.25, 0.3) is 0 Å². The van der Waals surface area contributed by atoms with Crippen molar-refractivity contribution >= 4 is 29.1 Å². The van der Waals surface area contributed by atoms with Crippen LogP contribution in [0.4, 0.5) is 4.79 Å². The highest BCUT2D eigenvalue weighted by Gasteiger charge is 2.25. The minimum absolute atomic E-state index is 0.0437. The van der Waals surface area contributed by atoms with E-state index in [1.54, 1.807) is 14.0 Å². The number of carbonyl (C=O) groups excluding carboxylic acids is 1. The molecule has 1 aromatic heterocycles. The first kappa shape index (κ1) is 24.8. The molecule has 8 heteroatoms. The van der Waals surface area contributed by atoms with Crippen molar-refractivity contribution < 1.29 is 19.0 Å². The number of carbonyl (C=O) groups is 1. The van der Waals surface area contributed by atoms with Gasteiger partial charge in [0.15, 0.2) is 12.4 Å². The quantitative estimate of drug-likeness (QED) is 0.195. The number of aromatic nitrogens is 2. The number of terminal acetylenes is 1. The van der Waals surface area contributed by atoms with E-state index >= 15 is 0 Å². The summed E-state index contributed by atoms with van der Waals surface area (Å²) in [6.07, 6.45) is 2.99. The van der Waals surface area contributed by atoms with Gasteiger partial charge in [-0.1, -0.05) is 62.6 Å². The molecule has 0 saturated carbocycles. The van der Waals surface area contributed by atoms with E-state index in [1.165, 1.54) is 11.6 Å². The van der Waals surface area contributed by atoms with Crippen LogP contribution in [0.15, 0.2) is 24.3 Å². The highest BCUT2D eigenvalue weighted by Crippen LogP contribution is 2.34. The van der Waals surface area contributed by atoms with Crippen molar-refractivity contribution in [2.75, 3.05) is 6.61 Å². The lowest BCUT2D eigenvalue weighted by Gasteiger charge is -2.21. The molecular formula is C24H26ClN3O4. The largest absolute Gasteiger partial charge is 0.512 e. The zero-order chi connectivity index (χ0) is 24.1. The molecule has 2 aromatic rings. The molecule has 1 unspecified atom stereocenters. The molecule has 32 heavy (non-hydrogen) atoms. The van der Waals surface area contributed by atoms with E-state index in [-0.39, 0.29) is 23.4 Å². The van der Waals surface area contributed by atoms with Crippen molar-refractivity contribution in [3.8, 4) is 18.4 Å². The van der Waals surface area contributed by atoms with Crippen LogP contribution in [0.5, 0.6) is 0 Å². The number of aryl methyl sites for hydroxylation is 2. The summed E-state index contributed by atoms with van der Waals surface area (Å²) in [5, 5.41) is 14.7. The van der Waals surface area contributed by atoms with E-state index in [1.807, 2.05) is 24.3 Å². The van der Waals surface area contributed by atoms with Gasteiger partial charge in [-0.2, -0.15) is 10.4 Å². The first-order valence-electron chi connectivity index (χ1n) is 9.87. The van der Waals surface area contributed by atoms with Crippen molar-refractivity contribution in [2.45, 2.75) is 46.3 Å². The van der Waals surface area contributed by atoms with Crippen LogP contribution in [0.25, 0.3) is 11.3 Å². The summed E-state index contributed by atoms with van der Waals surface area (Å²) in [5.41, 5.74) is 2.84. The molecular weight excluding hydrogens is 430 g/mol. The van der Waals surface area contributed by atoms with Gasteiger partial charge in [0, 0.05) is 14.0 Å². The smallest absolute Gasteiger partial charge is 0.451 e. The summed E-state index contributed by atoms with van der Waals surface area (Å²) in [4.78, 5) is 11.8. The molecule has 1 heterocycles. The fourth-order valence-corrected chi connectivity index (χ4v) is 3.20. The van der Waals surface area contributed by atoms with E-state index in [2.05, 4.69) is 37.9 Å². The van der Waals surface area contributed by atoms with Gasteiger partial charge in [-0.3, -0.25) is 4.68 Å². The number of benzene rings is 1. The number of halogens is 1. The molecule has 0 bridgehead atoms. The van der Waals surface area contributed by atoms with E-state index in [4.69, 9.17) is 32.2 Å². The molecule has 168 valence electrons. The highest BCUT2D eigenvalue weighted by molar-refractivity contribution is 6.33. The predicted octanol–water partition coefficient (Wildman–Crippen LogP) is 5.22. The van der Waals surface area contributed by atoms with Crippen LogP contribution in [0.2, 0.25) is 5.02 Å². The van der Waals surface area contributed by atoms with Crippen molar-refractivity contribution in [3.63, 3.8) is 0 Å². The molecule has 1 aromatic carbocycles. The zero-order valence-electron chi connectivity index (χ0n) is 19.0. The van der Waals surface area contributed by atoms with Gasteiger partial charge in [0.1, 0.15) is 17.3 Å². The predicted molar refractivity (Wildman–Crippen MR) is 122 cm³/mol. The van der Waals surface area contributed by atoms with Crippen LogP contribution in [-0.4, -0.2) is 28.8 Å². The summed E-state index contributed by atoms with van der Waals surface area (Å²) in [6.45, 7) is 9.32. The molecule has 0 spiro atoms. The molecule has 0 saturated heterocycles. The van der Waals surface area contributed by atoms with Crippen LogP contribution in [0, 0.1) is 30.6 Å². The highest BCUT2D eigenvalue weighted by atomic mass is 35.5. The summed E-state index contributed by atoms with van der Waals surface area (Å²) >= 11 is 6.48. The number of allylic oxidation sites excluding steroid dienone is 1. The number of hydrogen-bond donors (Lipinski definition) is 0. The molecule has 1 atom stereocenters. The number of nitriles is 1. The second-order valence-corrected chi connectivity index (χ2v) is 8.44. The maximum atomic E-state index is 11.8. The van der Waals surface area contributed by atoms with E-state index in [9.17, 15) is 10.1 Å². The lowest BCUT2D eigenvalue weighted by Crippen LogP contribution is -2.20. The normalized spacial score (nSPS) is 12.8. The lowest BCUT2D eigenvalue weighted by molar-refractivity contribution is -0.0644. The molecule has 0 aliphatic carbocycles. The Bertz CT molecular complexity index is 1100. The average Bonchev–Trinajstić information content (AvgIpc) is 2.97. The maximum Gasteiger partial charge on any atom is 0.512 e. The van der Waals surface area contributed by atoms with Gasteiger partial charge in [0.2, 0.25) is 6.29 Å². The van der Waals surface area contributed by atoms with Gasteiger partial charge in [-0.25, -0.2) is 4.79 Å². The van der Waals surface area contributed by atoms with E-state index in [0.717, 1.165) is 5.56 Å². The van der Waals surface area contributed by atoms with Crippen molar-refractivity contribution in [1.82, 2.24) is 9.78 Å². The third-order valence-corrected chi connectivity index (χ3v) is 5.01. The van der Waals surface area contributed by atoms with Crippen molar-refractivity contribution in [1.29, 1.82) is 5.26 Å². The third-order valence-electron chi connectivity index (χ3n) is 4.56. The van der Waals surface area contributed by atoms with Gasteiger partial charge in [0.05, 0.1) is 10.7 Å². The SMILES string of the molecule is C#CCOC(=O)OC(C)O/C(=C(/C#N)c1ccc(C(C)(C)C)cc1)c1c(Cl)c(C)nn1C. The van der Waals surface area contributed by atoms with Gasteiger partial charge < -0.3 is 14.2 Å². The van der Waals surface area contributed by atoms with E-state index in [0.29, 0.717) is 22.0 Å². The lowest BCUT2D eigenvalue weighted by atomic mass is 9.86. The summed E-state index contributed by atoms with van der Waals surface area (Å²) in [5.74, 6) is 2.30. The second kappa shape index (κ2) is 10.3. The first-order chi connectivity index (χ1) is 15.0. The molecule has 7 nitrogen and oxygen atoms in total. The van der Waals surface area contributed by atoms with Crippen LogP contribution < -0.4 is 0 Å². The van der Waals surface area contributed by atoms with Crippen LogP contribution in [0.1, 0.15) is 50.2 Å². The molecule has 0 fully saturated rings. The Morgan fingerprint density at radius 1 is 1.28 bits per heavy atom. The molecule has 0 aliphatic rings. The minimum atomic E-state index is -1.10. The number of hydrogen-bond acceptors (Lipinski definition) is 6. The van der Waals surface area contributed by atoms with Gasteiger partial charge in [-0.05, 0) is 23.5 Å². The van der Waals surface area contributed by atoms with Crippen molar-refractivity contribution in [3.05, 3.63) is 51.8 Å². The zero-order valence-corrected chi connectivity index (χ0v) is 19.8. The van der Waals surface area contributed by atoms with Gasteiger partial charge in [-0.15, -0.1) is 6.42 Å². The van der Waals surface area contributed by atoms with E-state index < -0.39 is 12.4 Å². The molecule has 0 N–H and O–H groups in total.